The predicted molar refractivity (Wildman–Crippen MR) is 83.7 cm³/mol. The zero-order valence-electron chi connectivity index (χ0n) is 12.5. The summed E-state index contributed by atoms with van der Waals surface area (Å²) in [5.74, 6) is 0.151. The summed E-state index contributed by atoms with van der Waals surface area (Å²) in [7, 11) is 1.83. The van der Waals surface area contributed by atoms with Gasteiger partial charge in [0.25, 0.3) is 0 Å². The van der Waals surface area contributed by atoms with E-state index in [-0.39, 0.29) is 11.0 Å². The van der Waals surface area contributed by atoms with Crippen LogP contribution >= 0.6 is 11.8 Å². The normalized spacial score (nSPS) is 12.7. The van der Waals surface area contributed by atoms with Crippen molar-refractivity contribution in [1.82, 2.24) is 19.7 Å². The Balaban J connectivity index is 1.79. The van der Waals surface area contributed by atoms with Gasteiger partial charge >= 0.3 is 6.61 Å². The van der Waals surface area contributed by atoms with Gasteiger partial charge in [0.1, 0.15) is 17.1 Å². The van der Waals surface area contributed by atoms with Crippen molar-refractivity contribution in [3.8, 4) is 5.75 Å². The van der Waals surface area contributed by atoms with Crippen molar-refractivity contribution in [2.45, 2.75) is 23.8 Å². The minimum Gasteiger partial charge on any atom is -0.435 e. The van der Waals surface area contributed by atoms with Crippen molar-refractivity contribution in [3.05, 3.63) is 42.4 Å². The minimum atomic E-state index is -2.81. The Morgan fingerprint density at radius 2 is 1.91 bits per heavy atom. The minimum absolute atomic E-state index is 0.0916. The molecule has 0 aliphatic heterocycles. The average molecular weight is 336 g/mol. The number of thioether (sulfide) groups is 1. The highest BCUT2D eigenvalue weighted by Gasteiger charge is 2.14. The van der Waals surface area contributed by atoms with E-state index in [1.165, 1.54) is 18.5 Å². The molecule has 1 atom stereocenters. The number of hydrogen-bond acceptors (Lipinski definition) is 5. The Kier molecular flexibility index (Phi) is 4.42. The van der Waals surface area contributed by atoms with Gasteiger partial charge in [0.2, 0.25) is 0 Å². The summed E-state index contributed by atoms with van der Waals surface area (Å²) in [5, 5.41) is 6.01. The summed E-state index contributed by atoms with van der Waals surface area (Å²) in [4.78, 5) is 8.53. The van der Waals surface area contributed by atoms with Gasteiger partial charge in [-0.1, -0.05) is 23.9 Å². The van der Waals surface area contributed by atoms with Crippen molar-refractivity contribution in [2.24, 2.45) is 7.05 Å². The first kappa shape index (κ1) is 15.7. The van der Waals surface area contributed by atoms with E-state index in [0.717, 1.165) is 21.6 Å². The van der Waals surface area contributed by atoms with Gasteiger partial charge in [-0.15, -0.1) is 0 Å². The molecule has 2 heterocycles. The topological polar surface area (TPSA) is 52.8 Å². The average Bonchev–Trinajstić information content (AvgIpc) is 2.90. The second-order valence-electron chi connectivity index (χ2n) is 4.89. The summed E-state index contributed by atoms with van der Waals surface area (Å²) >= 11 is 1.57. The number of alkyl halides is 2. The lowest BCUT2D eigenvalue weighted by molar-refractivity contribution is -0.0498. The van der Waals surface area contributed by atoms with E-state index in [2.05, 4.69) is 19.8 Å². The number of fused-ring (bicyclic) bond motifs is 1. The Labute approximate surface area is 135 Å². The summed E-state index contributed by atoms with van der Waals surface area (Å²) in [6.07, 6.45) is 3.25. The van der Waals surface area contributed by atoms with Crippen LogP contribution in [0.15, 0.2) is 41.8 Å². The maximum absolute atomic E-state index is 12.2. The van der Waals surface area contributed by atoms with Crippen LogP contribution < -0.4 is 4.74 Å². The zero-order valence-corrected chi connectivity index (χ0v) is 13.3. The highest BCUT2D eigenvalue weighted by molar-refractivity contribution is 7.99. The lowest BCUT2D eigenvalue weighted by atomic mass is 10.2. The summed E-state index contributed by atoms with van der Waals surface area (Å²) in [6.45, 7) is -0.787. The highest BCUT2D eigenvalue weighted by Crippen LogP contribution is 2.37. The van der Waals surface area contributed by atoms with Gasteiger partial charge in [0, 0.05) is 12.3 Å². The molecule has 8 heteroatoms. The molecule has 0 aliphatic rings. The summed E-state index contributed by atoms with van der Waals surface area (Å²) < 4.78 is 30.4. The van der Waals surface area contributed by atoms with Crippen LogP contribution in [-0.4, -0.2) is 26.4 Å². The van der Waals surface area contributed by atoms with Crippen molar-refractivity contribution < 1.29 is 13.5 Å². The van der Waals surface area contributed by atoms with Crippen LogP contribution in [0.5, 0.6) is 5.75 Å². The van der Waals surface area contributed by atoms with Crippen LogP contribution in [0.1, 0.15) is 17.7 Å². The molecule has 0 aliphatic carbocycles. The van der Waals surface area contributed by atoms with Crippen LogP contribution in [0.4, 0.5) is 8.78 Å². The zero-order chi connectivity index (χ0) is 16.4. The van der Waals surface area contributed by atoms with Crippen LogP contribution in [0.3, 0.4) is 0 Å². The molecule has 2 aromatic heterocycles. The first-order valence-corrected chi connectivity index (χ1v) is 7.76. The van der Waals surface area contributed by atoms with Gasteiger partial charge in [-0.05, 0) is 24.6 Å². The molecule has 0 saturated heterocycles. The van der Waals surface area contributed by atoms with Crippen molar-refractivity contribution in [3.63, 3.8) is 0 Å². The van der Waals surface area contributed by atoms with E-state index in [0.29, 0.717) is 0 Å². The van der Waals surface area contributed by atoms with Crippen LogP contribution in [0.2, 0.25) is 0 Å². The fourth-order valence-corrected chi connectivity index (χ4v) is 3.20. The van der Waals surface area contributed by atoms with E-state index in [1.807, 2.05) is 14.0 Å². The number of aromatic nitrogens is 4. The Bertz CT molecular complexity index is 807. The molecule has 0 spiro atoms. The molecule has 23 heavy (non-hydrogen) atoms. The quantitative estimate of drug-likeness (QED) is 0.524. The third-order valence-corrected chi connectivity index (χ3v) is 4.53. The number of ether oxygens (including phenoxy) is 1. The number of hydrogen-bond donors (Lipinski definition) is 0. The number of halogens is 2. The molecule has 120 valence electrons. The lowest BCUT2D eigenvalue weighted by Gasteiger charge is -2.12. The van der Waals surface area contributed by atoms with Crippen molar-refractivity contribution in [2.75, 3.05) is 0 Å². The molecule has 1 unspecified atom stereocenters. The standard InChI is InChI=1S/C15H14F2N4OS/c1-9(10-3-5-11(6-4-10)22-15(16)17)23-14-12-7-20-21(2)13(12)18-8-19-14/h3-9,15H,1-2H3. The molecule has 5 nitrogen and oxygen atoms in total. The maximum atomic E-state index is 12.2. The molecule has 0 fully saturated rings. The van der Waals surface area contributed by atoms with Gasteiger partial charge in [0.05, 0.1) is 11.6 Å². The maximum Gasteiger partial charge on any atom is 0.387 e. The summed E-state index contributed by atoms with van der Waals surface area (Å²) in [6, 6.07) is 6.63. The third-order valence-electron chi connectivity index (χ3n) is 3.36. The number of benzene rings is 1. The van der Waals surface area contributed by atoms with E-state index < -0.39 is 6.61 Å². The number of rotatable bonds is 5. The molecular weight excluding hydrogens is 322 g/mol. The van der Waals surface area contributed by atoms with Gasteiger partial charge in [-0.25, -0.2) is 9.97 Å². The molecule has 0 bridgehead atoms. The lowest BCUT2D eigenvalue weighted by Crippen LogP contribution is -2.01. The van der Waals surface area contributed by atoms with E-state index in [4.69, 9.17) is 0 Å². The molecule has 0 amide bonds. The molecule has 1 aromatic carbocycles. The van der Waals surface area contributed by atoms with E-state index in [9.17, 15) is 8.78 Å². The van der Waals surface area contributed by atoms with E-state index in [1.54, 1.807) is 34.8 Å². The van der Waals surface area contributed by atoms with Gasteiger partial charge in [-0.2, -0.15) is 13.9 Å². The third kappa shape index (κ3) is 3.42. The second kappa shape index (κ2) is 6.49. The molecule has 0 radical (unpaired) electrons. The summed E-state index contributed by atoms with van der Waals surface area (Å²) in [5.41, 5.74) is 1.77. The number of nitrogens with zero attached hydrogens (tertiary/aromatic N) is 4. The van der Waals surface area contributed by atoms with Gasteiger partial charge < -0.3 is 4.74 Å². The van der Waals surface area contributed by atoms with E-state index >= 15 is 0 Å². The Morgan fingerprint density at radius 1 is 1.17 bits per heavy atom. The smallest absolute Gasteiger partial charge is 0.387 e. The fraction of sp³-hybridized carbons (Fsp3) is 0.267. The fourth-order valence-electron chi connectivity index (χ4n) is 2.19. The van der Waals surface area contributed by atoms with Crippen LogP contribution in [0.25, 0.3) is 11.0 Å². The Morgan fingerprint density at radius 3 is 2.61 bits per heavy atom. The Hall–Kier alpha value is -2.22. The van der Waals surface area contributed by atoms with Crippen LogP contribution in [0, 0.1) is 0 Å². The van der Waals surface area contributed by atoms with Gasteiger partial charge in [-0.3, -0.25) is 4.68 Å². The molecule has 0 N–H and O–H groups in total. The molecule has 3 aromatic rings. The largest absolute Gasteiger partial charge is 0.435 e. The number of aryl methyl sites for hydroxylation is 1. The molecular formula is C15H14F2N4OS. The van der Waals surface area contributed by atoms with Crippen LogP contribution in [-0.2, 0) is 7.05 Å². The predicted octanol–water partition coefficient (Wildman–Crippen LogP) is 3.82. The molecule has 3 rings (SSSR count). The van der Waals surface area contributed by atoms with Crippen molar-refractivity contribution in [1.29, 1.82) is 0 Å². The first-order valence-electron chi connectivity index (χ1n) is 6.88. The van der Waals surface area contributed by atoms with Gasteiger partial charge in [0.15, 0.2) is 5.65 Å². The molecule has 0 saturated carbocycles. The monoisotopic (exact) mass is 336 g/mol. The SMILES string of the molecule is CC(Sc1ncnc2c1cnn2C)c1ccc(OC(F)F)cc1. The second-order valence-corrected chi connectivity index (χ2v) is 6.22. The first-order chi connectivity index (χ1) is 11.0. The van der Waals surface area contributed by atoms with Crippen molar-refractivity contribution >= 4 is 22.8 Å². The highest BCUT2D eigenvalue weighted by atomic mass is 32.2.